The Labute approximate surface area is 248 Å². The second-order valence-electron chi connectivity index (χ2n) is 11.0. The molecule has 4 aromatic rings. The molecular formula is C32H35N5O4S. The van der Waals surface area contributed by atoms with Crippen LogP contribution in [0.2, 0.25) is 0 Å². The number of hydrogen-bond acceptors (Lipinski definition) is 7. The van der Waals surface area contributed by atoms with E-state index in [1.165, 1.54) is 23.3 Å². The van der Waals surface area contributed by atoms with Gasteiger partial charge in [-0.2, -0.15) is 0 Å². The Hall–Kier alpha value is -4.02. The number of thiazole rings is 1. The van der Waals surface area contributed by atoms with E-state index in [1.807, 2.05) is 28.5 Å². The van der Waals surface area contributed by atoms with Crippen LogP contribution >= 0.6 is 11.3 Å². The van der Waals surface area contributed by atoms with Gasteiger partial charge in [0.1, 0.15) is 6.54 Å². The number of amides is 1. The normalized spacial score (nSPS) is 16.5. The monoisotopic (exact) mass is 585 g/mol. The molecule has 1 aliphatic heterocycles. The summed E-state index contributed by atoms with van der Waals surface area (Å²) in [5, 5.41) is 10.9. The van der Waals surface area contributed by atoms with Gasteiger partial charge in [0.15, 0.2) is 5.13 Å². The van der Waals surface area contributed by atoms with Crippen molar-refractivity contribution in [1.82, 2.24) is 19.4 Å². The molecule has 42 heavy (non-hydrogen) atoms. The Morgan fingerprint density at radius 2 is 1.88 bits per heavy atom. The van der Waals surface area contributed by atoms with Gasteiger partial charge in [-0.1, -0.05) is 42.7 Å². The van der Waals surface area contributed by atoms with Crippen LogP contribution in [0.1, 0.15) is 55.0 Å². The maximum absolute atomic E-state index is 13.5. The van der Waals surface area contributed by atoms with E-state index in [4.69, 9.17) is 15.5 Å². The average molecular weight is 586 g/mol. The zero-order valence-corrected chi connectivity index (χ0v) is 24.5. The van der Waals surface area contributed by atoms with Crippen molar-refractivity contribution in [1.29, 1.82) is 0 Å². The number of anilines is 1. The molecule has 1 aliphatic carbocycles. The number of carbonyl (C=O) groups excluding carboxylic acids is 1. The van der Waals surface area contributed by atoms with Crippen LogP contribution in [0.3, 0.4) is 0 Å². The molecule has 218 valence electrons. The van der Waals surface area contributed by atoms with Crippen LogP contribution in [-0.4, -0.2) is 62.7 Å². The molecule has 1 aromatic carbocycles. The Morgan fingerprint density at radius 3 is 2.60 bits per heavy atom. The Balaban J connectivity index is 1.46. The van der Waals surface area contributed by atoms with Crippen molar-refractivity contribution < 1.29 is 19.4 Å². The van der Waals surface area contributed by atoms with Crippen LogP contribution in [0.15, 0.2) is 42.5 Å². The van der Waals surface area contributed by atoms with Gasteiger partial charge in [-0.15, -0.1) is 0 Å². The average Bonchev–Trinajstić information content (AvgIpc) is 3.54. The molecule has 3 N–H and O–H groups in total. The number of carboxylic acids is 1. The fourth-order valence-corrected chi connectivity index (χ4v) is 7.01. The van der Waals surface area contributed by atoms with Crippen LogP contribution in [0, 0.1) is 6.92 Å². The highest BCUT2D eigenvalue weighted by Crippen LogP contribution is 2.41. The number of ether oxygens (including phenoxy) is 1. The van der Waals surface area contributed by atoms with Crippen LogP contribution in [0.4, 0.5) is 5.13 Å². The molecule has 4 heterocycles. The van der Waals surface area contributed by atoms with Crippen molar-refractivity contribution in [3.63, 3.8) is 0 Å². The summed E-state index contributed by atoms with van der Waals surface area (Å²) in [7, 11) is 0. The summed E-state index contributed by atoms with van der Waals surface area (Å²) < 4.78 is 7.47. The summed E-state index contributed by atoms with van der Waals surface area (Å²) >= 11 is 1.43. The molecule has 10 heteroatoms. The van der Waals surface area contributed by atoms with E-state index in [-0.39, 0.29) is 12.5 Å². The molecule has 3 aromatic heterocycles. The zero-order chi connectivity index (χ0) is 29.2. The molecule has 1 saturated heterocycles. The summed E-state index contributed by atoms with van der Waals surface area (Å²) in [6.07, 6.45) is 8.46. The lowest BCUT2D eigenvalue weighted by atomic mass is 9.83. The molecule has 2 aliphatic rings. The number of carboxylic acid groups (broad SMARTS) is 1. The van der Waals surface area contributed by atoms with E-state index in [0.29, 0.717) is 37.4 Å². The summed E-state index contributed by atoms with van der Waals surface area (Å²) in [6.45, 7) is 4.23. The fraction of sp³-hybridized carbons (Fsp3) is 0.375. The standard InChI is InChI=1S/C32H35N5O4S/c1-20-31(42-32(33)34-20)27-11-7-22-17-23(8-10-26(22)35-27)30-25(21-5-3-2-4-6-21)18-24(9-12-29(39)40)37(30)19-28(38)36-13-15-41-16-14-36/h7-12,17-18,21H,2-6,13-16,19H2,1H3,(H2,33,34)(H,39,40)/b12-9+. The molecule has 0 spiro atoms. The largest absolute Gasteiger partial charge is 0.478 e. The number of aryl methyl sites for hydroxylation is 1. The summed E-state index contributed by atoms with van der Waals surface area (Å²) in [5.74, 6) is -0.670. The van der Waals surface area contributed by atoms with E-state index in [1.54, 1.807) is 6.08 Å². The van der Waals surface area contributed by atoms with Crippen molar-refractivity contribution in [3.8, 4) is 21.8 Å². The third-order valence-corrected chi connectivity index (χ3v) is 9.27. The molecule has 0 radical (unpaired) electrons. The first-order chi connectivity index (χ1) is 20.4. The van der Waals surface area contributed by atoms with Crippen molar-refractivity contribution in [3.05, 3.63) is 59.4 Å². The number of carbonyl (C=O) groups is 2. The van der Waals surface area contributed by atoms with Crippen molar-refractivity contribution >= 4 is 45.3 Å². The maximum Gasteiger partial charge on any atom is 0.328 e. The van der Waals surface area contributed by atoms with Gasteiger partial charge in [-0.05, 0) is 67.2 Å². The predicted molar refractivity (Wildman–Crippen MR) is 165 cm³/mol. The number of benzene rings is 1. The van der Waals surface area contributed by atoms with E-state index in [0.717, 1.165) is 75.9 Å². The molecule has 0 atom stereocenters. The first kappa shape index (κ1) is 28.1. The van der Waals surface area contributed by atoms with Crippen LogP contribution < -0.4 is 5.73 Å². The third-order valence-electron chi connectivity index (χ3n) is 8.27. The smallest absolute Gasteiger partial charge is 0.328 e. The summed E-state index contributed by atoms with van der Waals surface area (Å²) in [4.78, 5) is 37.1. The molecular weight excluding hydrogens is 550 g/mol. The Morgan fingerprint density at radius 1 is 1.10 bits per heavy atom. The summed E-state index contributed by atoms with van der Waals surface area (Å²) in [5.41, 5.74) is 12.4. The van der Waals surface area contributed by atoms with E-state index < -0.39 is 5.97 Å². The first-order valence-electron chi connectivity index (χ1n) is 14.5. The number of nitrogens with two attached hydrogens (primary N) is 1. The minimum absolute atomic E-state index is 0.00150. The van der Waals surface area contributed by atoms with Crippen molar-refractivity contribution in [2.24, 2.45) is 0 Å². The molecule has 0 bridgehead atoms. The second-order valence-corrected chi connectivity index (χ2v) is 12.1. The number of nitrogens with zero attached hydrogens (tertiary/aromatic N) is 4. The number of aliphatic carboxylic acids is 1. The SMILES string of the molecule is Cc1nc(N)sc1-c1ccc2cc(-c3c(C4CCCCC4)cc(/C=C/C(=O)O)n3CC(=O)N3CCOCC3)ccc2n1. The number of morpholine rings is 1. The van der Waals surface area contributed by atoms with Gasteiger partial charge in [0, 0.05) is 30.2 Å². The topological polar surface area (TPSA) is 124 Å². The van der Waals surface area contributed by atoms with Crippen LogP contribution in [0.5, 0.6) is 0 Å². The number of rotatable bonds is 7. The molecule has 6 rings (SSSR count). The lowest BCUT2D eigenvalue weighted by molar-refractivity contribution is -0.136. The molecule has 0 unspecified atom stereocenters. The first-order valence-corrected chi connectivity index (χ1v) is 15.3. The van der Waals surface area contributed by atoms with Crippen molar-refractivity contribution in [2.75, 3.05) is 32.0 Å². The number of nitrogen functional groups attached to an aromatic ring is 1. The molecule has 1 saturated carbocycles. The predicted octanol–water partition coefficient (Wildman–Crippen LogP) is 5.72. The van der Waals surface area contributed by atoms with Crippen LogP contribution in [0.25, 0.3) is 38.8 Å². The van der Waals surface area contributed by atoms with E-state index in [9.17, 15) is 14.7 Å². The highest BCUT2D eigenvalue weighted by Gasteiger charge is 2.27. The quantitative estimate of drug-likeness (QED) is 0.266. The Bertz CT molecular complexity index is 1660. The van der Waals surface area contributed by atoms with Gasteiger partial charge in [0.2, 0.25) is 5.91 Å². The molecule has 1 amide bonds. The van der Waals surface area contributed by atoms with Crippen molar-refractivity contribution in [2.45, 2.75) is 51.5 Å². The van der Waals surface area contributed by atoms with Gasteiger partial charge in [0.05, 0.1) is 40.7 Å². The van der Waals surface area contributed by atoms with Gasteiger partial charge in [0.25, 0.3) is 0 Å². The van der Waals surface area contributed by atoms with Gasteiger partial charge >= 0.3 is 5.97 Å². The number of hydrogen-bond donors (Lipinski definition) is 2. The van der Waals surface area contributed by atoms with Gasteiger partial charge < -0.3 is 25.0 Å². The van der Waals surface area contributed by atoms with Gasteiger partial charge in [-0.3, -0.25) is 4.79 Å². The molecule has 9 nitrogen and oxygen atoms in total. The minimum atomic E-state index is -1.02. The second kappa shape index (κ2) is 12.1. The maximum atomic E-state index is 13.5. The number of aromatic nitrogens is 3. The van der Waals surface area contributed by atoms with E-state index in [2.05, 4.69) is 29.2 Å². The summed E-state index contributed by atoms with van der Waals surface area (Å²) in [6, 6.07) is 12.4. The number of pyridine rings is 1. The molecule has 2 fully saturated rings. The lowest BCUT2D eigenvalue weighted by Crippen LogP contribution is -2.42. The zero-order valence-electron chi connectivity index (χ0n) is 23.7. The van der Waals surface area contributed by atoms with Gasteiger partial charge in [-0.25, -0.2) is 14.8 Å². The highest BCUT2D eigenvalue weighted by atomic mass is 32.1. The number of fused-ring (bicyclic) bond motifs is 1. The van der Waals surface area contributed by atoms with Crippen LogP contribution in [-0.2, 0) is 20.9 Å². The lowest BCUT2D eigenvalue weighted by Gasteiger charge is -2.28. The third kappa shape index (κ3) is 5.82. The minimum Gasteiger partial charge on any atom is -0.478 e. The fourth-order valence-electron chi connectivity index (χ4n) is 6.21. The highest BCUT2D eigenvalue weighted by molar-refractivity contribution is 7.18. The Kier molecular flexibility index (Phi) is 8.08. The van der Waals surface area contributed by atoms with E-state index >= 15 is 0 Å².